The Labute approximate surface area is 236 Å². The summed E-state index contributed by atoms with van der Waals surface area (Å²) in [7, 11) is 0. The first kappa shape index (κ1) is 27.3. The van der Waals surface area contributed by atoms with Crippen molar-refractivity contribution in [2.24, 2.45) is 0 Å². The molecule has 0 saturated carbocycles. The van der Waals surface area contributed by atoms with Gasteiger partial charge in [0.15, 0.2) is 17.3 Å². The number of nitrogens with zero attached hydrogens (tertiary/aromatic N) is 1. The molecule has 3 aromatic rings. The van der Waals surface area contributed by atoms with Gasteiger partial charge in [-0.15, -0.1) is 0 Å². The van der Waals surface area contributed by atoms with Gasteiger partial charge in [0.25, 0.3) is 11.1 Å². The summed E-state index contributed by atoms with van der Waals surface area (Å²) in [4.78, 5) is 39.2. The van der Waals surface area contributed by atoms with Gasteiger partial charge in [0, 0.05) is 15.1 Å². The average molecular weight is 621 g/mol. The molecule has 6 nitrogen and oxygen atoms in total. The van der Waals surface area contributed by atoms with E-state index in [1.807, 2.05) is 19.1 Å². The Hall–Kier alpha value is -2.78. The Morgan fingerprint density at radius 2 is 1.73 bits per heavy atom. The molecule has 0 aliphatic carbocycles. The fourth-order valence-corrected chi connectivity index (χ4v) is 4.97. The summed E-state index contributed by atoms with van der Waals surface area (Å²) in [6.07, 6.45) is 1.55. The van der Waals surface area contributed by atoms with Crippen molar-refractivity contribution in [2.75, 3.05) is 13.2 Å². The second-order valence-electron chi connectivity index (χ2n) is 7.88. The molecule has 0 radical (unpaired) electrons. The van der Waals surface area contributed by atoms with Gasteiger partial charge >= 0.3 is 0 Å². The highest BCUT2D eigenvalue weighted by molar-refractivity contribution is 9.10. The van der Waals surface area contributed by atoms with Gasteiger partial charge in [-0.1, -0.05) is 63.4 Å². The van der Waals surface area contributed by atoms with Gasteiger partial charge in [0.05, 0.1) is 23.1 Å². The molecule has 1 aliphatic rings. The first-order chi connectivity index (χ1) is 17.7. The zero-order valence-corrected chi connectivity index (χ0v) is 23.4. The quantitative estimate of drug-likeness (QED) is 0.181. The minimum atomic E-state index is -0.544. The molecule has 10 heteroatoms. The van der Waals surface area contributed by atoms with Crippen LogP contribution in [0, 0.1) is 0 Å². The van der Waals surface area contributed by atoms with Crippen molar-refractivity contribution in [3.8, 4) is 11.5 Å². The van der Waals surface area contributed by atoms with Crippen LogP contribution < -0.4 is 9.47 Å². The smallest absolute Gasteiger partial charge is 0.293 e. The van der Waals surface area contributed by atoms with Crippen molar-refractivity contribution >= 4 is 73.9 Å². The Balaban J connectivity index is 1.52. The van der Waals surface area contributed by atoms with E-state index in [0.717, 1.165) is 26.7 Å². The predicted octanol–water partition coefficient (Wildman–Crippen LogP) is 7.65. The van der Waals surface area contributed by atoms with E-state index in [4.69, 9.17) is 32.7 Å². The molecule has 0 N–H and O–H groups in total. The van der Waals surface area contributed by atoms with Crippen molar-refractivity contribution in [2.45, 2.75) is 13.5 Å². The molecule has 1 saturated heterocycles. The van der Waals surface area contributed by atoms with Gasteiger partial charge in [-0.3, -0.25) is 19.3 Å². The van der Waals surface area contributed by atoms with E-state index in [9.17, 15) is 14.4 Å². The highest BCUT2D eigenvalue weighted by Crippen LogP contribution is 2.39. The first-order valence-corrected chi connectivity index (χ1v) is 13.5. The van der Waals surface area contributed by atoms with Gasteiger partial charge in [-0.25, -0.2) is 0 Å². The summed E-state index contributed by atoms with van der Waals surface area (Å²) in [5.74, 6) is -0.110. The summed E-state index contributed by atoms with van der Waals surface area (Å²) in [6, 6.07) is 17.3. The normalized spacial score (nSPS) is 14.4. The fraction of sp³-hybridized carbons (Fsp3) is 0.148. The molecule has 0 aromatic heterocycles. The van der Waals surface area contributed by atoms with Crippen molar-refractivity contribution in [1.29, 1.82) is 0 Å². The molecule has 1 heterocycles. The summed E-state index contributed by atoms with van der Waals surface area (Å²) in [5, 5.41) is 0.403. The third-order valence-electron chi connectivity index (χ3n) is 5.27. The highest BCUT2D eigenvalue weighted by atomic mass is 79.9. The second kappa shape index (κ2) is 12.2. The minimum Gasteiger partial charge on any atom is -0.490 e. The van der Waals surface area contributed by atoms with E-state index >= 15 is 0 Å². The van der Waals surface area contributed by atoms with E-state index in [2.05, 4.69) is 15.9 Å². The summed E-state index contributed by atoms with van der Waals surface area (Å²) in [6.45, 7) is 2.11. The van der Waals surface area contributed by atoms with Gasteiger partial charge in [0.2, 0.25) is 0 Å². The SMILES string of the molecule is CCOc1cc(/C=C2/SC(=O)N(CC(=O)c3ccc(Br)cc3)C2=O)cc(Cl)c1OCc1ccc(Cl)cc1. The monoisotopic (exact) mass is 619 g/mol. The lowest BCUT2D eigenvalue weighted by atomic mass is 10.1. The molecule has 0 atom stereocenters. The molecular formula is C27H20BrCl2NO5S. The first-order valence-electron chi connectivity index (χ1n) is 11.1. The number of imide groups is 1. The lowest BCUT2D eigenvalue weighted by molar-refractivity contribution is -0.122. The number of hydrogen-bond donors (Lipinski definition) is 0. The number of benzene rings is 3. The summed E-state index contributed by atoms with van der Waals surface area (Å²) >= 11 is 16.5. The van der Waals surface area contributed by atoms with Gasteiger partial charge in [-0.05, 0) is 72.3 Å². The number of hydrogen-bond acceptors (Lipinski definition) is 6. The third-order valence-corrected chi connectivity index (χ3v) is 7.24. The zero-order chi connectivity index (χ0) is 26.5. The van der Waals surface area contributed by atoms with Crippen LogP contribution in [0.4, 0.5) is 4.79 Å². The number of halogens is 3. The van der Waals surface area contributed by atoms with Gasteiger partial charge < -0.3 is 9.47 Å². The Bertz CT molecular complexity index is 1380. The lowest BCUT2D eigenvalue weighted by Crippen LogP contribution is -2.33. The zero-order valence-electron chi connectivity index (χ0n) is 19.5. The number of ether oxygens (including phenoxy) is 2. The average Bonchev–Trinajstić information content (AvgIpc) is 3.12. The number of amides is 2. The molecule has 2 amide bonds. The topological polar surface area (TPSA) is 72.9 Å². The second-order valence-corrected chi connectivity index (χ2v) is 10.6. The van der Waals surface area contributed by atoms with E-state index in [1.54, 1.807) is 54.6 Å². The van der Waals surface area contributed by atoms with Crippen LogP contribution in [0.2, 0.25) is 10.0 Å². The van der Waals surface area contributed by atoms with Crippen LogP contribution in [0.3, 0.4) is 0 Å². The van der Waals surface area contributed by atoms with E-state index < -0.39 is 11.1 Å². The summed E-state index contributed by atoms with van der Waals surface area (Å²) < 4.78 is 12.5. The van der Waals surface area contributed by atoms with E-state index in [0.29, 0.717) is 34.3 Å². The largest absolute Gasteiger partial charge is 0.490 e. The molecule has 4 rings (SSSR count). The number of thioether (sulfide) groups is 1. The number of carbonyl (C=O) groups excluding carboxylic acids is 3. The molecule has 1 aliphatic heterocycles. The number of rotatable bonds is 9. The standard InChI is InChI=1S/C27H20BrCl2NO5S/c1-2-35-23-12-17(11-21(30)25(23)36-15-16-3-9-20(29)10-4-16)13-24-26(33)31(27(34)37-24)14-22(32)18-5-7-19(28)8-6-18/h3-13H,2,14-15H2,1H3/b24-13+. The number of ketones is 1. The molecule has 1 fully saturated rings. The van der Waals surface area contributed by atoms with Crippen LogP contribution in [0.1, 0.15) is 28.4 Å². The number of carbonyl (C=O) groups is 3. The molecular weight excluding hydrogens is 601 g/mol. The van der Waals surface area contributed by atoms with E-state index in [1.165, 1.54) is 0 Å². The maximum absolute atomic E-state index is 12.9. The molecule has 0 spiro atoms. The van der Waals surface area contributed by atoms with Crippen LogP contribution in [0.15, 0.2) is 70.0 Å². The Kier molecular flexibility index (Phi) is 8.97. The van der Waals surface area contributed by atoms with Crippen molar-refractivity contribution < 1.29 is 23.9 Å². The van der Waals surface area contributed by atoms with Gasteiger partial charge in [-0.2, -0.15) is 0 Å². The van der Waals surface area contributed by atoms with Crippen LogP contribution in [-0.2, 0) is 11.4 Å². The van der Waals surface area contributed by atoms with Crippen LogP contribution in [0.25, 0.3) is 6.08 Å². The summed E-state index contributed by atoms with van der Waals surface area (Å²) in [5.41, 5.74) is 1.86. The molecule has 37 heavy (non-hydrogen) atoms. The maximum Gasteiger partial charge on any atom is 0.293 e. The van der Waals surface area contributed by atoms with E-state index in [-0.39, 0.29) is 28.9 Å². The van der Waals surface area contributed by atoms with Crippen molar-refractivity contribution in [1.82, 2.24) is 4.90 Å². The van der Waals surface area contributed by atoms with Crippen LogP contribution in [-0.4, -0.2) is 35.0 Å². The molecule has 0 bridgehead atoms. The Morgan fingerprint density at radius 3 is 2.41 bits per heavy atom. The Morgan fingerprint density at radius 1 is 1.03 bits per heavy atom. The minimum absolute atomic E-state index is 0.182. The maximum atomic E-state index is 12.9. The van der Waals surface area contributed by atoms with Crippen molar-refractivity contribution in [3.63, 3.8) is 0 Å². The predicted molar refractivity (Wildman–Crippen MR) is 150 cm³/mol. The van der Waals surface area contributed by atoms with Gasteiger partial charge in [0.1, 0.15) is 6.61 Å². The number of Topliss-reactive ketones (excluding diaryl/α,β-unsaturated/α-hetero) is 1. The molecule has 3 aromatic carbocycles. The molecule has 190 valence electrons. The molecule has 0 unspecified atom stereocenters. The highest BCUT2D eigenvalue weighted by Gasteiger charge is 2.36. The van der Waals surface area contributed by atoms with Crippen LogP contribution in [0.5, 0.6) is 11.5 Å². The fourth-order valence-electron chi connectivity index (χ4n) is 3.47. The lowest BCUT2D eigenvalue weighted by Gasteiger charge is -2.15. The van der Waals surface area contributed by atoms with Crippen molar-refractivity contribution in [3.05, 3.63) is 96.8 Å². The van der Waals surface area contributed by atoms with Crippen LogP contribution >= 0.6 is 50.9 Å². The third kappa shape index (κ3) is 6.76.